The number of carbonyl (C=O) groups excluding carboxylic acids is 1. The second-order valence-corrected chi connectivity index (χ2v) is 5.88. The molecule has 5 nitrogen and oxygen atoms in total. The molecule has 1 aromatic heterocycles. The third-order valence-corrected chi connectivity index (χ3v) is 3.78. The highest BCUT2D eigenvalue weighted by Crippen LogP contribution is 2.22. The van der Waals surface area contributed by atoms with Gasteiger partial charge < -0.3 is 9.15 Å². The standard InChI is InChI=1S/C18H15BrN2O3/c1-2-23-15-8-7-14(19)9-13(15)11-20-21-18(22)17-10-12-5-3-4-6-16(12)24-17/h3-11H,2H2,1H3,(H,21,22)/b20-11+. The van der Waals surface area contributed by atoms with Gasteiger partial charge in [-0.15, -0.1) is 0 Å². The van der Waals surface area contributed by atoms with Crippen molar-refractivity contribution in [3.05, 3.63) is 64.3 Å². The highest BCUT2D eigenvalue weighted by Gasteiger charge is 2.11. The van der Waals surface area contributed by atoms with Crippen molar-refractivity contribution < 1.29 is 13.9 Å². The summed E-state index contributed by atoms with van der Waals surface area (Å²) in [5, 5.41) is 4.86. The van der Waals surface area contributed by atoms with Crippen molar-refractivity contribution in [2.45, 2.75) is 6.92 Å². The Balaban J connectivity index is 1.74. The van der Waals surface area contributed by atoms with E-state index in [1.165, 1.54) is 6.21 Å². The minimum atomic E-state index is -0.407. The van der Waals surface area contributed by atoms with Crippen LogP contribution in [-0.4, -0.2) is 18.7 Å². The number of hydrogen-bond donors (Lipinski definition) is 1. The summed E-state index contributed by atoms with van der Waals surface area (Å²) >= 11 is 3.41. The molecule has 0 aliphatic carbocycles. The lowest BCUT2D eigenvalue weighted by Gasteiger charge is -2.06. The first-order chi connectivity index (χ1) is 11.7. The van der Waals surface area contributed by atoms with Gasteiger partial charge in [0.05, 0.1) is 12.8 Å². The first-order valence-electron chi connectivity index (χ1n) is 7.41. The molecule has 24 heavy (non-hydrogen) atoms. The zero-order chi connectivity index (χ0) is 16.9. The number of ether oxygens (including phenoxy) is 1. The van der Waals surface area contributed by atoms with Crippen LogP contribution in [0.3, 0.4) is 0 Å². The molecule has 0 unspecified atom stereocenters. The molecule has 0 spiro atoms. The number of furan rings is 1. The Labute approximate surface area is 147 Å². The molecule has 2 aromatic carbocycles. The zero-order valence-electron chi connectivity index (χ0n) is 13.0. The van der Waals surface area contributed by atoms with Gasteiger partial charge in [-0.25, -0.2) is 5.43 Å². The fourth-order valence-electron chi connectivity index (χ4n) is 2.22. The van der Waals surface area contributed by atoms with E-state index in [4.69, 9.17) is 9.15 Å². The lowest BCUT2D eigenvalue weighted by atomic mass is 10.2. The summed E-state index contributed by atoms with van der Waals surface area (Å²) in [5.74, 6) is 0.505. The van der Waals surface area contributed by atoms with Gasteiger partial charge in [0.1, 0.15) is 11.3 Å². The minimum Gasteiger partial charge on any atom is -0.493 e. The first-order valence-corrected chi connectivity index (χ1v) is 8.21. The van der Waals surface area contributed by atoms with E-state index in [1.807, 2.05) is 49.4 Å². The zero-order valence-corrected chi connectivity index (χ0v) is 14.5. The summed E-state index contributed by atoms with van der Waals surface area (Å²) < 4.78 is 11.9. The second-order valence-electron chi connectivity index (χ2n) is 4.96. The van der Waals surface area contributed by atoms with E-state index in [9.17, 15) is 4.79 Å². The van der Waals surface area contributed by atoms with Crippen LogP contribution in [0.2, 0.25) is 0 Å². The summed E-state index contributed by atoms with van der Waals surface area (Å²) in [6, 6.07) is 14.7. The summed E-state index contributed by atoms with van der Waals surface area (Å²) in [6.07, 6.45) is 1.54. The van der Waals surface area contributed by atoms with Crippen LogP contribution in [0.25, 0.3) is 11.0 Å². The maximum atomic E-state index is 12.1. The Hall–Kier alpha value is -2.60. The average Bonchev–Trinajstić information content (AvgIpc) is 3.01. The minimum absolute atomic E-state index is 0.215. The highest BCUT2D eigenvalue weighted by molar-refractivity contribution is 9.10. The largest absolute Gasteiger partial charge is 0.493 e. The molecule has 1 amide bonds. The van der Waals surface area contributed by atoms with E-state index >= 15 is 0 Å². The van der Waals surface area contributed by atoms with Crippen molar-refractivity contribution in [2.24, 2.45) is 5.10 Å². The number of fused-ring (bicyclic) bond motifs is 1. The number of para-hydroxylation sites is 1. The number of hydrazone groups is 1. The van der Waals surface area contributed by atoms with Crippen LogP contribution in [0.15, 0.2) is 62.5 Å². The van der Waals surface area contributed by atoms with Crippen molar-refractivity contribution >= 4 is 39.0 Å². The third kappa shape index (κ3) is 3.65. The maximum Gasteiger partial charge on any atom is 0.307 e. The molecule has 0 fully saturated rings. The third-order valence-electron chi connectivity index (χ3n) is 3.29. The van der Waals surface area contributed by atoms with E-state index in [0.717, 1.165) is 15.4 Å². The lowest BCUT2D eigenvalue weighted by molar-refractivity contribution is 0.0929. The van der Waals surface area contributed by atoms with Crippen LogP contribution < -0.4 is 10.2 Å². The first kappa shape index (κ1) is 16.3. The molecule has 0 aliphatic rings. The Kier molecular flexibility index (Phi) is 4.96. The predicted molar refractivity (Wildman–Crippen MR) is 96.6 cm³/mol. The van der Waals surface area contributed by atoms with Gasteiger partial charge in [-0.1, -0.05) is 34.1 Å². The Morgan fingerprint density at radius 2 is 2.12 bits per heavy atom. The second kappa shape index (κ2) is 7.31. The molecule has 0 bridgehead atoms. The molecule has 3 aromatic rings. The molecule has 1 N–H and O–H groups in total. The van der Waals surface area contributed by atoms with Crippen LogP contribution in [0.1, 0.15) is 23.0 Å². The monoisotopic (exact) mass is 386 g/mol. The number of nitrogens with zero attached hydrogens (tertiary/aromatic N) is 1. The summed E-state index contributed by atoms with van der Waals surface area (Å²) in [4.78, 5) is 12.1. The SMILES string of the molecule is CCOc1ccc(Br)cc1/C=N/NC(=O)c1cc2ccccc2o1. The van der Waals surface area contributed by atoms with Crippen LogP contribution in [0.5, 0.6) is 5.75 Å². The van der Waals surface area contributed by atoms with Gasteiger partial charge in [0.25, 0.3) is 0 Å². The van der Waals surface area contributed by atoms with Gasteiger partial charge in [0, 0.05) is 15.4 Å². The molecule has 1 heterocycles. The molecule has 0 aliphatic heterocycles. The fourth-order valence-corrected chi connectivity index (χ4v) is 2.60. The van der Waals surface area contributed by atoms with Crippen molar-refractivity contribution in [3.8, 4) is 5.75 Å². The molecule has 6 heteroatoms. The smallest absolute Gasteiger partial charge is 0.307 e. The van der Waals surface area contributed by atoms with Crippen molar-refractivity contribution in [2.75, 3.05) is 6.61 Å². The molecule has 0 atom stereocenters. The van der Waals surface area contributed by atoms with Crippen molar-refractivity contribution in [1.29, 1.82) is 0 Å². The molecule has 0 radical (unpaired) electrons. The van der Waals surface area contributed by atoms with Crippen LogP contribution >= 0.6 is 15.9 Å². The van der Waals surface area contributed by atoms with Gasteiger partial charge >= 0.3 is 5.91 Å². The van der Waals surface area contributed by atoms with Crippen LogP contribution in [0, 0.1) is 0 Å². The molecular formula is C18H15BrN2O3. The van der Waals surface area contributed by atoms with Crippen molar-refractivity contribution in [1.82, 2.24) is 5.43 Å². The van der Waals surface area contributed by atoms with Crippen LogP contribution in [0.4, 0.5) is 0 Å². The van der Waals surface area contributed by atoms with E-state index in [2.05, 4.69) is 26.5 Å². The Morgan fingerprint density at radius 1 is 1.29 bits per heavy atom. The van der Waals surface area contributed by atoms with Crippen LogP contribution in [-0.2, 0) is 0 Å². The van der Waals surface area contributed by atoms with Crippen molar-refractivity contribution in [3.63, 3.8) is 0 Å². The predicted octanol–water partition coefficient (Wildman–Crippen LogP) is 4.36. The van der Waals surface area contributed by atoms with E-state index in [-0.39, 0.29) is 5.76 Å². The average molecular weight is 387 g/mol. The van der Waals surface area contributed by atoms with Gasteiger partial charge in [0.15, 0.2) is 5.76 Å². The fraction of sp³-hybridized carbons (Fsp3) is 0.111. The number of nitrogens with one attached hydrogen (secondary N) is 1. The maximum absolute atomic E-state index is 12.1. The number of rotatable bonds is 5. The number of benzene rings is 2. The summed E-state index contributed by atoms with van der Waals surface area (Å²) in [7, 11) is 0. The van der Waals surface area contributed by atoms with E-state index < -0.39 is 5.91 Å². The number of carbonyl (C=O) groups is 1. The lowest BCUT2D eigenvalue weighted by Crippen LogP contribution is -2.16. The normalized spacial score (nSPS) is 11.1. The topological polar surface area (TPSA) is 63.8 Å². The Morgan fingerprint density at radius 3 is 2.92 bits per heavy atom. The summed E-state index contributed by atoms with van der Waals surface area (Å²) in [5.41, 5.74) is 3.89. The van der Waals surface area contributed by atoms with Gasteiger partial charge in [0.2, 0.25) is 0 Å². The molecular weight excluding hydrogens is 372 g/mol. The number of amides is 1. The number of hydrogen-bond acceptors (Lipinski definition) is 4. The van der Waals surface area contributed by atoms with Gasteiger partial charge in [-0.2, -0.15) is 5.10 Å². The molecule has 0 saturated heterocycles. The highest BCUT2D eigenvalue weighted by atomic mass is 79.9. The van der Waals surface area contributed by atoms with E-state index in [1.54, 1.807) is 6.07 Å². The summed E-state index contributed by atoms with van der Waals surface area (Å²) in [6.45, 7) is 2.46. The molecule has 122 valence electrons. The van der Waals surface area contributed by atoms with Gasteiger partial charge in [-0.05, 0) is 37.3 Å². The number of halogens is 1. The molecule has 3 rings (SSSR count). The quantitative estimate of drug-likeness (QED) is 0.523. The molecule has 0 saturated carbocycles. The van der Waals surface area contributed by atoms with Gasteiger partial charge in [-0.3, -0.25) is 4.79 Å². The van der Waals surface area contributed by atoms with E-state index in [0.29, 0.717) is 17.9 Å². The Bertz CT molecular complexity index is 869.